The van der Waals surface area contributed by atoms with E-state index in [0.717, 1.165) is 13.0 Å². The molecule has 1 nitrogen and oxygen atoms in total. The van der Waals surface area contributed by atoms with E-state index in [0.29, 0.717) is 0 Å². The third kappa shape index (κ3) is 3.44. The van der Waals surface area contributed by atoms with Crippen molar-refractivity contribution in [1.29, 1.82) is 0 Å². The first kappa shape index (κ1) is 13.8. The predicted octanol–water partition coefficient (Wildman–Crippen LogP) is 5.03. The van der Waals surface area contributed by atoms with Crippen LogP contribution in [-0.2, 0) is 0 Å². The quantitative estimate of drug-likeness (QED) is 0.515. The lowest BCUT2D eigenvalue weighted by atomic mass is 9.96. The second kappa shape index (κ2) is 6.51. The molecule has 0 N–H and O–H groups in total. The van der Waals surface area contributed by atoms with Gasteiger partial charge in [0, 0.05) is 12.8 Å². The van der Waals surface area contributed by atoms with Gasteiger partial charge in [0.2, 0.25) is 0 Å². The molecule has 0 radical (unpaired) electrons. The van der Waals surface area contributed by atoms with E-state index in [9.17, 15) is 0 Å². The molecule has 19 heavy (non-hydrogen) atoms. The van der Waals surface area contributed by atoms with Crippen LogP contribution in [0.4, 0.5) is 0 Å². The molecule has 0 atom stereocenters. The number of nitrogens with zero attached hydrogens (tertiary/aromatic N) is 1. The molecule has 0 unspecified atom stereocenters. The van der Waals surface area contributed by atoms with Gasteiger partial charge in [0.15, 0.2) is 0 Å². The molecule has 0 saturated heterocycles. The summed E-state index contributed by atoms with van der Waals surface area (Å²) in [5, 5.41) is 0. The molecule has 1 aromatic rings. The highest BCUT2D eigenvalue weighted by atomic mass is 14.7. The summed E-state index contributed by atoms with van der Waals surface area (Å²) in [6.07, 6.45) is 7.78. The van der Waals surface area contributed by atoms with Gasteiger partial charge in [0.25, 0.3) is 0 Å². The van der Waals surface area contributed by atoms with Crippen molar-refractivity contribution in [1.82, 2.24) is 0 Å². The Labute approximate surface area is 116 Å². The monoisotopic (exact) mass is 253 g/mol. The number of aliphatic imine (C=N–C) groups is 1. The van der Waals surface area contributed by atoms with Gasteiger partial charge in [0.05, 0.1) is 0 Å². The first-order valence-electron chi connectivity index (χ1n) is 7.18. The van der Waals surface area contributed by atoms with Crippen molar-refractivity contribution >= 4 is 11.8 Å². The van der Waals surface area contributed by atoms with Crippen LogP contribution in [0.1, 0.15) is 51.2 Å². The Hall–Kier alpha value is -1.63. The van der Waals surface area contributed by atoms with E-state index in [1.165, 1.54) is 40.7 Å². The highest BCUT2D eigenvalue weighted by Gasteiger charge is 2.14. The first-order valence-corrected chi connectivity index (χ1v) is 7.18. The van der Waals surface area contributed by atoms with Gasteiger partial charge in [0.1, 0.15) is 0 Å². The van der Waals surface area contributed by atoms with Crippen LogP contribution in [-0.4, -0.2) is 12.8 Å². The van der Waals surface area contributed by atoms with Crippen molar-refractivity contribution in [2.45, 2.75) is 40.0 Å². The summed E-state index contributed by atoms with van der Waals surface area (Å²) in [5.41, 5.74) is 6.89. The van der Waals surface area contributed by atoms with Crippen LogP contribution in [0.5, 0.6) is 0 Å². The van der Waals surface area contributed by atoms with Gasteiger partial charge >= 0.3 is 0 Å². The van der Waals surface area contributed by atoms with Crippen LogP contribution in [0.3, 0.4) is 0 Å². The lowest BCUT2D eigenvalue weighted by Crippen LogP contribution is -1.93. The molecule has 0 heterocycles. The number of hydrogen-bond donors (Lipinski definition) is 0. The van der Waals surface area contributed by atoms with E-state index in [1.54, 1.807) is 0 Å². The molecule has 0 amide bonds. The minimum atomic E-state index is 0.931. The second-order valence-corrected chi connectivity index (χ2v) is 5.31. The van der Waals surface area contributed by atoms with Crippen molar-refractivity contribution in [3.8, 4) is 0 Å². The van der Waals surface area contributed by atoms with Crippen molar-refractivity contribution in [3.63, 3.8) is 0 Å². The maximum Gasteiger partial charge on any atom is 0.0389 e. The Bertz CT molecular complexity index is 532. The summed E-state index contributed by atoms with van der Waals surface area (Å²) < 4.78 is 0. The van der Waals surface area contributed by atoms with E-state index in [1.807, 2.05) is 6.21 Å². The third-order valence-electron chi connectivity index (χ3n) is 3.55. The van der Waals surface area contributed by atoms with E-state index in [2.05, 4.69) is 56.1 Å². The minimum absolute atomic E-state index is 0.931. The molecule has 0 aliphatic heterocycles. The Morgan fingerprint density at radius 2 is 2.00 bits per heavy atom. The summed E-state index contributed by atoms with van der Waals surface area (Å²) in [6, 6.07) is 8.59. The predicted molar refractivity (Wildman–Crippen MR) is 84.8 cm³/mol. The van der Waals surface area contributed by atoms with Crippen LogP contribution in [0.25, 0.3) is 5.57 Å². The topological polar surface area (TPSA) is 12.4 Å². The molecule has 2 rings (SSSR count). The lowest BCUT2D eigenvalue weighted by molar-refractivity contribution is 0.810. The van der Waals surface area contributed by atoms with Gasteiger partial charge < -0.3 is 0 Å². The van der Waals surface area contributed by atoms with E-state index in [-0.39, 0.29) is 0 Å². The average molecular weight is 253 g/mol. The number of hydrogen-bond acceptors (Lipinski definition) is 1. The number of unbranched alkanes of at least 4 members (excludes halogenated alkanes) is 1. The minimum Gasteiger partial charge on any atom is -0.293 e. The summed E-state index contributed by atoms with van der Waals surface area (Å²) in [5.74, 6) is 0. The van der Waals surface area contributed by atoms with Gasteiger partial charge in [-0.05, 0) is 49.0 Å². The fourth-order valence-electron chi connectivity index (χ4n) is 2.53. The summed E-state index contributed by atoms with van der Waals surface area (Å²) in [4.78, 5) is 4.54. The Morgan fingerprint density at radius 1 is 1.21 bits per heavy atom. The molecular formula is C18H23N. The van der Waals surface area contributed by atoms with E-state index >= 15 is 0 Å². The second-order valence-electron chi connectivity index (χ2n) is 5.31. The smallest absolute Gasteiger partial charge is 0.0389 e. The van der Waals surface area contributed by atoms with Crippen LogP contribution in [0.2, 0.25) is 0 Å². The molecule has 0 fully saturated rings. The maximum atomic E-state index is 4.54. The molecule has 1 aliphatic rings. The number of benzene rings is 1. The highest BCUT2D eigenvalue weighted by molar-refractivity contribution is 5.90. The van der Waals surface area contributed by atoms with Gasteiger partial charge in [-0.25, -0.2) is 0 Å². The van der Waals surface area contributed by atoms with E-state index in [4.69, 9.17) is 0 Å². The molecule has 0 spiro atoms. The van der Waals surface area contributed by atoms with Crippen LogP contribution in [0, 0.1) is 0 Å². The normalized spacial score (nSPS) is 15.4. The number of rotatable bonds is 5. The fourth-order valence-corrected chi connectivity index (χ4v) is 2.53. The van der Waals surface area contributed by atoms with Crippen molar-refractivity contribution in [2.75, 3.05) is 6.54 Å². The SMILES string of the molecule is CCCC/N=C/c1ccccc1C1=C(C)C=C(C)C1. The fraction of sp³-hybridized carbons (Fsp3) is 0.389. The van der Waals surface area contributed by atoms with Crippen LogP contribution >= 0.6 is 0 Å². The molecule has 0 bridgehead atoms. The first-order chi connectivity index (χ1) is 9.22. The van der Waals surface area contributed by atoms with Gasteiger partial charge in [-0.15, -0.1) is 0 Å². The van der Waals surface area contributed by atoms with Crippen molar-refractivity contribution in [3.05, 3.63) is 52.6 Å². The number of allylic oxidation sites excluding steroid dienone is 4. The lowest BCUT2D eigenvalue weighted by Gasteiger charge is -2.09. The highest BCUT2D eigenvalue weighted by Crippen LogP contribution is 2.33. The summed E-state index contributed by atoms with van der Waals surface area (Å²) >= 11 is 0. The third-order valence-corrected chi connectivity index (χ3v) is 3.55. The largest absolute Gasteiger partial charge is 0.293 e. The zero-order valence-corrected chi connectivity index (χ0v) is 12.2. The molecular weight excluding hydrogens is 230 g/mol. The zero-order valence-electron chi connectivity index (χ0n) is 12.2. The molecule has 0 saturated carbocycles. The van der Waals surface area contributed by atoms with Gasteiger partial charge in [-0.1, -0.05) is 49.3 Å². The average Bonchev–Trinajstić information content (AvgIpc) is 2.74. The molecule has 0 aromatic heterocycles. The summed E-state index contributed by atoms with van der Waals surface area (Å²) in [7, 11) is 0. The maximum absolute atomic E-state index is 4.54. The molecule has 1 aliphatic carbocycles. The van der Waals surface area contributed by atoms with Crippen molar-refractivity contribution in [2.24, 2.45) is 4.99 Å². The standard InChI is InChI=1S/C18H23N/c1-4-5-10-19-13-16-8-6-7-9-17(16)18-12-14(2)11-15(18)3/h6-9,11,13H,4-5,10,12H2,1-3H3/b19-13+. The molecule has 1 aromatic carbocycles. The Kier molecular flexibility index (Phi) is 4.73. The van der Waals surface area contributed by atoms with Crippen LogP contribution < -0.4 is 0 Å². The summed E-state index contributed by atoms with van der Waals surface area (Å²) in [6.45, 7) is 7.54. The van der Waals surface area contributed by atoms with Gasteiger partial charge in [-0.3, -0.25) is 4.99 Å². The Morgan fingerprint density at radius 3 is 2.68 bits per heavy atom. The molecule has 1 heteroatoms. The molecule has 100 valence electrons. The van der Waals surface area contributed by atoms with E-state index < -0.39 is 0 Å². The van der Waals surface area contributed by atoms with Crippen molar-refractivity contribution < 1.29 is 0 Å². The Balaban J connectivity index is 2.23. The van der Waals surface area contributed by atoms with Gasteiger partial charge in [-0.2, -0.15) is 0 Å². The van der Waals surface area contributed by atoms with Crippen LogP contribution in [0.15, 0.2) is 46.5 Å². The zero-order chi connectivity index (χ0) is 13.7.